The summed E-state index contributed by atoms with van der Waals surface area (Å²) in [6, 6.07) is 15.0. The Morgan fingerprint density at radius 1 is 0.595 bits per heavy atom. The van der Waals surface area contributed by atoms with Crippen LogP contribution in [0.3, 0.4) is 0 Å². The lowest BCUT2D eigenvalue weighted by molar-refractivity contribution is 0.177. The fraction of sp³-hybridized carbons (Fsp3) is 0.308. The zero-order valence-corrected chi connectivity index (χ0v) is 20.8. The minimum atomic E-state index is -0.795. The number of hydrogen-bond acceptors (Lipinski definition) is 11. The van der Waals surface area contributed by atoms with Crippen molar-refractivity contribution in [1.82, 2.24) is 10.6 Å². The van der Waals surface area contributed by atoms with Gasteiger partial charge in [0.05, 0.1) is 18.3 Å². The van der Waals surface area contributed by atoms with Crippen LogP contribution in [0.25, 0.3) is 0 Å². The summed E-state index contributed by atoms with van der Waals surface area (Å²) in [7, 11) is 3.50. The number of aliphatic hydroxyl groups is 3. The number of nitrogens with two attached hydrogens (primary N) is 1. The van der Waals surface area contributed by atoms with Crippen LogP contribution in [0, 0.1) is 0 Å². The van der Waals surface area contributed by atoms with Crippen molar-refractivity contribution < 1.29 is 40.9 Å². The maximum Gasteiger partial charge on any atom is 0.157 e. The first kappa shape index (κ1) is 31.4. The molecule has 0 unspecified atom stereocenters. The zero-order chi connectivity index (χ0) is 28.0. The maximum atomic E-state index is 9.48. The van der Waals surface area contributed by atoms with Crippen molar-refractivity contribution in [2.24, 2.45) is 5.73 Å². The van der Waals surface area contributed by atoms with Crippen LogP contribution >= 0.6 is 0 Å². The molecule has 0 saturated carbocycles. The normalized spacial score (nSPS) is 12.8. The summed E-state index contributed by atoms with van der Waals surface area (Å²) in [4.78, 5) is 0. The molecule has 11 nitrogen and oxygen atoms in total. The highest BCUT2D eigenvalue weighted by Crippen LogP contribution is 2.28. The van der Waals surface area contributed by atoms with Gasteiger partial charge in [-0.1, -0.05) is 24.3 Å². The van der Waals surface area contributed by atoms with E-state index in [0.717, 1.165) is 5.56 Å². The summed E-state index contributed by atoms with van der Waals surface area (Å²) in [6.07, 6.45) is -2.02. The van der Waals surface area contributed by atoms with E-state index in [0.29, 0.717) is 24.2 Å². The van der Waals surface area contributed by atoms with E-state index in [-0.39, 0.29) is 35.3 Å². The van der Waals surface area contributed by atoms with Crippen molar-refractivity contribution in [3.05, 3.63) is 77.4 Å². The van der Waals surface area contributed by atoms with Gasteiger partial charge >= 0.3 is 0 Å². The van der Waals surface area contributed by atoms with Crippen molar-refractivity contribution in [3.63, 3.8) is 0 Å². The number of likely N-dealkylation sites (N-methyl/N-ethyl adjacent to an activating group) is 2. The van der Waals surface area contributed by atoms with Gasteiger partial charge < -0.3 is 57.2 Å². The summed E-state index contributed by atoms with van der Waals surface area (Å²) in [5.74, 6) is -0.668. The second kappa shape index (κ2) is 16.2. The highest BCUT2D eigenvalue weighted by atomic mass is 16.3. The molecule has 11 heteroatoms. The van der Waals surface area contributed by atoms with E-state index in [1.54, 1.807) is 44.4 Å². The van der Waals surface area contributed by atoms with Gasteiger partial charge in [-0.15, -0.1) is 0 Å². The first-order valence-electron chi connectivity index (χ1n) is 11.4. The van der Waals surface area contributed by atoms with E-state index >= 15 is 0 Å². The minimum Gasteiger partial charge on any atom is -0.508 e. The molecule has 0 aliphatic carbocycles. The van der Waals surface area contributed by atoms with Crippen LogP contribution < -0.4 is 16.4 Å². The summed E-state index contributed by atoms with van der Waals surface area (Å²) >= 11 is 0. The van der Waals surface area contributed by atoms with Gasteiger partial charge in [-0.05, 0) is 67.2 Å². The fourth-order valence-electron chi connectivity index (χ4n) is 2.99. The van der Waals surface area contributed by atoms with Crippen molar-refractivity contribution >= 4 is 0 Å². The van der Waals surface area contributed by atoms with E-state index in [2.05, 4.69) is 10.6 Å². The van der Waals surface area contributed by atoms with E-state index in [1.807, 2.05) is 0 Å². The smallest absolute Gasteiger partial charge is 0.157 e. The second-order valence-corrected chi connectivity index (χ2v) is 7.99. The largest absolute Gasteiger partial charge is 0.508 e. The molecule has 3 atom stereocenters. The van der Waals surface area contributed by atoms with Crippen molar-refractivity contribution in [2.75, 3.05) is 33.7 Å². The average molecular weight is 520 g/mol. The third-order valence-corrected chi connectivity index (χ3v) is 5.04. The Labute approximate surface area is 215 Å². The topological polar surface area (TPSA) is 212 Å². The van der Waals surface area contributed by atoms with Crippen molar-refractivity contribution in [3.8, 4) is 28.7 Å². The number of phenols is 5. The molecule has 12 N–H and O–H groups in total. The second-order valence-electron chi connectivity index (χ2n) is 7.99. The molecular weight excluding hydrogens is 482 g/mol. The van der Waals surface area contributed by atoms with Gasteiger partial charge in [-0.2, -0.15) is 0 Å². The van der Waals surface area contributed by atoms with Gasteiger partial charge in [0.25, 0.3) is 0 Å². The molecule has 0 amide bonds. The number of phenolic OH excluding ortho intramolecular Hbond substituents is 5. The van der Waals surface area contributed by atoms with Crippen LogP contribution in [-0.4, -0.2) is 74.6 Å². The minimum absolute atomic E-state index is 0.0875. The lowest BCUT2D eigenvalue weighted by atomic mass is 10.1. The van der Waals surface area contributed by atoms with Crippen LogP contribution in [0.2, 0.25) is 0 Å². The molecule has 3 aromatic carbocycles. The standard InChI is InChI=1S/C9H13NO3.C9H13NO2.C8H11NO3/c1-10-5-9(13)6-2-3-7(11)8(12)4-6;1-10-6-9(12)7-3-2-4-8(11)5-7;9-4-8(12)5-1-2-6(10)7(11)3-5/h2-4,9-13H,5H2,1H3;2-5,9-12H,6H2,1H3;1-3,8,10-12H,4,9H2/t2*9-;8-/m000/s1. The molecular formula is C26H37N3O8. The Morgan fingerprint density at radius 2 is 1.03 bits per heavy atom. The first-order valence-corrected chi connectivity index (χ1v) is 11.4. The summed E-state index contributed by atoms with van der Waals surface area (Å²) in [5, 5.41) is 79.1. The lowest BCUT2D eigenvalue weighted by Crippen LogP contribution is -2.16. The summed E-state index contributed by atoms with van der Waals surface area (Å²) in [6.45, 7) is 0.984. The Morgan fingerprint density at radius 3 is 1.41 bits per heavy atom. The van der Waals surface area contributed by atoms with Crippen molar-refractivity contribution in [2.45, 2.75) is 18.3 Å². The van der Waals surface area contributed by atoms with Crippen LogP contribution in [0.1, 0.15) is 35.0 Å². The summed E-state index contributed by atoms with van der Waals surface area (Å²) < 4.78 is 0. The third kappa shape index (κ3) is 10.9. The van der Waals surface area contributed by atoms with E-state index < -0.39 is 18.3 Å². The number of benzene rings is 3. The molecule has 0 radical (unpaired) electrons. The van der Waals surface area contributed by atoms with Crippen molar-refractivity contribution in [1.29, 1.82) is 0 Å². The highest BCUT2D eigenvalue weighted by Gasteiger charge is 2.09. The molecule has 0 aliphatic rings. The Kier molecular flexibility index (Phi) is 13.8. The quantitative estimate of drug-likeness (QED) is 0.190. The highest BCUT2D eigenvalue weighted by molar-refractivity contribution is 5.42. The third-order valence-electron chi connectivity index (χ3n) is 5.04. The molecule has 0 spiro atoms. The van der Waals surface area contributed by atoms with Gasteiger partial charge in [-0.25, -0.2) is 0 Å². The molecule has 3 aromatic rings. The zero-order valence-electron chi connectivity index (χ0n) is 20.8. The predicted molar refractivity (Wildman–Crippen MR) is 139 cm³/mol. The first-order chi connectivity index (χ1) is 17.5. The molecule has 3 rings (SSSR count). The Hall–Kier alpha value is -3.58. The Bertz CT molecular complexity index is 1080. The molecule has 0 aromatic heterocycles. The molecule has 0 heterocycles. The van der Waals surface area contributed by atoms with E-state index in [9.17, 15) is 15.3 Å². The van der Waals surface area contributed by atoms with Gasteiger partial charge in [-0.3, -0.25) is 0 Å². The molecule has 0 bridgehead atoms. The van der Waals surface area contributed by atoms with Gasteiger partial charge in [0.15, 0.2) is 23.0 Å². The molecule has 0 saturated heterocycles. The van der Waals surface area contributed by atoms with Gasteiger partial charge in [0.2, 0.25) is 0 Å². The monoisotopic (exact) mass is 519 g/mol. The van der Waals surface area contributed by atoms with E-state index in [1.165, 1.54) is 30.3 Å². The number of nitrogens with one attached hydrogen (secondary N) is 2. The van der Waals surface area contributed by atoms with Gasteiger partial charge in [0, 0.05) is 19.6 Å². The predicted octanol–water partition coefficient (Wildman–Crippen LogP) is 1.09. The molecule has 0 fully saturated rings. The number of hydrogen-bond donors (Lipinski definition) is 11. The molecule has 37 heavy (non-hydrogen) atoms. The lowest BCUT2D eigenvalue weighted by Gasteiger charge is -2.10. The number of rotatable bonds is 8. The van der Waals surface area contributed by atoms with Crippen LogP contribution in [0.5, 0.6) is 28.7 Å². The SMILES string of the molecule is CNC[C@H](O)c1ccc(O)c(O)c1.CNC[C@H](O)c1cccc(O)c1.NC[C@H](O)c1ccc(O)c(O)c1. The van der Waals surface area contributed by atoms with Gasteiger partial charge in [0.1, 0.15) is 5.75 Å². The average Bonchev–Trinajstić information content (AvgIpc) is 2.88. The maximum absolute atomic E-state index is 9.48. The molecule has 0 aliphatic heterocycles. The fourth-order valence-corrected chi connectivity index (χ4v) is 2.99. The van der Waals surface area contributed by atoms with E-state index in [4.69, 9.17) is 31.3 Å². The number of aliphatic hydroxyl groups excluding tert-OH is 3. The molecule has 204 valence electrons. The van der Waals surface area contributed by atoms with Crippen LogP contribution in [-0.2, 0) is 0 Å². The Balaban J connectivity index is 0.000000278. The number of aromatic hydroxyl groups is 5. The van der Waals surface area contributed by atoms with Crippen LogP contribution in [0.4, 0.5) is 0 Å². The van der Waals surface area contributed by atoms with Crippen LogP contribution in [0.15, 0.2) is 60.7 Å². The summed E-state index contributed by atoms with van der Waals surface area (Å²) in [5.41, 5.74) is 6.99.